The van der Waals surface area contributed by atoms with Gasteiger partial charge in [0.1, 0.15) is 0 Å². The highest BCUT2D eigenvalue weighted by Crippen LogP contribution is 2.48. The molecule has 0 aromatic heterocycles. The van der Waals surface area contributed by atoms with Crippen LogP contribution in [-0.2, 0) is 4.79 Å². The first-order valence-corrected chi connectivity index (χ1v) is 7.17. The molecule has 1 heterocycles. The molecule has 1 aromatic carbocycles. The summed E-state index contributed by atoms with van der Waals surface area (Å²) >= 11 is 1.34. The molecule has 0 saturated carbocycles. The summed E-state index contributed by atoms with van der Waals surface area (Å²) in [6.07, 6.45) is 1.34. The van der Waals surface area contributed by atoms with E-state index in [0.29, 0.717) is 11.3 Å². The smallest absolute Gasteiger partial charge is 0.270 e. The third kappa shape index (κ3) is 2.20. The van der Waals surface area contributed by atoms with Gasteiger partial charge in [0.05, 0.1) is 15.5 Å². The van der Waals surface area contributed by atoms with Crippen LogP contribution in [0, 0.1) is 15.5 Å². The highest BCUT2D eigenvalue weighted by Gasteiger charge is 2.36. The van der Waals surface area contributed by atoms with Crippen molar-refractivity contribution in [3.05, 3.63) is 38.9 Å². The van der Waals surface area contributed by atoms with Crippen molar-refractivity contribution < 1.29 is 9.72 Å². The van der Waals surface area contributed by atoms with Crippen LogP contribution in [0.25, 0.3) is 0 Å². The fraction of sp³-hybridized carbons (Fsp3) is 0.357. The van der Waals surface area contributed by atoms with E-state index >= 15 is 0 Å². The number of anilines is 1. The number of hydrogen-bond acceptors (Lipinski definition) is 5. The molecule has 1 aliphatic carbocycles. The van der Waals surface area contributed by atoms with Crippen molar-refractivity contribution in [1.29, 1.82) is 0 Å². The summed E-state index contributed by atoms with van der Waals surface area (Å²) in [6, 6.07) is 4.70. The topological polar surface area (TPSA) is 72.2 Å². The molecule has 0 atom stereocenters. The van der Waals surface area contributed by atoms with Crippen LogP contribution in [0.5, 0.6) is 0 Å². The largest absolute Gasteiger partial charge is 0.357 e. The zero-order valence-corrected chi connectivity index (χ0v) is 12.0. The van der Waals surface area contributed by atoms with Gasteiger partial charge in [0, 0.05) is 29.1 Å². The average molecular weight is 290 g/mol. The maximum atomic E-state index is 12.2. The lowest BCUT2D eigenvalue weighted by Crippen LogP contribution is -2.28. The first-order valence-electron chi connectivity index (χ1n) is 6.35. The van der Waals surface area contributed by atoms with Crippen molar-refractivity contribution in [3.8, 4) is 0 Å². The molecule has 6 heteroatoms. The minimum absolute atomic E-state index is 0.0399. The van der Waals surface area contributed by atoms with Gasteiger partial charge in [-0.2, -0.15) is 0 Å². The fourth-order valence-corrected chi connectivity index (χ4v) is 3.67. The third-order valence-electron chi connectivity index (χ3n) is 3.50. The monoisotopic (exact) mass is 290 g/mol. The SMILES string of the molecule is CC1(C)CC(=O)C2=C(C1)Nc1ccc([N+](=O)[O-])cc1S2. The van der Waals surface area contributed by atoms with Gasteiger partial charge in [0.25, 0.3) is 5.69 Å². The van der Waals surface area contributed by atoms with Crippen molar-refractivity contribution in [2.75, 3.05) is 5.32 Å². The molecule has 1 aromatic rings. The molecule has 3 rings (SSSR count). The molecular weight excluding hydrogens is 276 g/mol. The molecule has 0 bridgehead atoms. The van der Waals surface area contributed by atoms with Crippen molar-refractivity contribution in [2.45, 2.75) is 31.6 Å². The van der Waals surface area contributed by atoms with Gasteiger partial charge in [-0.1, -0.05) is 25.6 Å². The first kappa shape index (κ1) is 13.2. The van der Waals surface area contributed by atoms with Crippen LogP contribution < -0.4 is 5.32 Å². The number of thioether (sulfide) groups is 1. The molecule has 0 fully saturated rings. The van der Waals surface area contributed by atoms with E-state index in [2.05, 4.69) is 19.2 Å². The zero-order chi connectivity index (χ0) is 14.5. The predicted octanol–water partition coefficient (Wildman–Crippen LogP) is 3.71. The number of benzene rings is 1. The Kier molecular flexibility index (Phi) is 2.86. The molecule has 1 N–H and O–H groups in total. The second kappa shape index (κ2) is 4.34. The minimum atomic E-state index is -0.420. The van der Waals surface area contributed by atoms with Crippen LogP contribution in [0.4, 0.5) is 11.4 Å². The van der Waals surface area contributed by atoms with Gasteiger partial charge in [-0.05, 0) is 17.9 Å². The normalized spacial score (nSPS) is 20.0. The molecule has 20 heavy (non-hydrogen) atoms. The van der Waals surface area contributed by atoms with Crippen molar-refractivity contribution >= 4 is 28.9 Å². The Labute approximate surface area is 120 Å². The predicted molar refractivity (Wildman–Crippen MR) is 77.6 cm³/mol. The molecular formula is C14H14N2O3S. The Morgan fingerprint density at radius 3 is 2.80 bits per heavy atom. The van der Waals surface area contributed by atoms with Crippen LogP contribution in [-0.4, -0.2) is 10.7 Å². The maximum Gasteiger partial charge on any atom is 0.270 e. The van der Waals surface area contributed by atoms with Gasteiger partial charge in [-0.25, -0.2) is 0 Å². The van der Waals surface area contributed by atoms with Gasteiger partial charge in [0.2, 0.25) is 0 Å². The van der Waals surface area contributed by atoms with Crippen LogP contribution in [0.1, 0.15) is 26.7 Å². The van der Waals surface area contributed by atoms with Gasteiger partial charge >= 0.3 is 0 Å². The fourth-order valence-electron chi connectivity index (χ4n) is 2.61. The average Bonchev–Trinajstić information content (AvgIpc) is 2.35. The number of allylic oxidation sites excluding steroid dienone is 2. The van der Waals surface area contributed by atoms with E-state index in [0.717, 1.165) is 22.7 Å². The number of fused-ring (bicyclic) bond motifs is 1. The number of non-ortho nitro benzene ring substituents is 1. The van der Waals surface area contributed by atoms with Crippen LogP contribution >= 0.6 is 11.8 Å². The summed E-state index contributed by atoms with van der Waals surface area (Å²) in [7, 11) is 0. The molecule has 5 nitrogen and oxygen atoms in total. The Balaban J connectivity index is 1.99. The second-order valence-electron chi connectivity index (χ2n) is 5.91. The number of nitro groups is 1. The first-order chi connectivity index (χ1) is 9.35. The lowest BCUT2D eigenvalue weighted by Gasteiger charge is -2.35. The molecule has 0 spiro atoms. The number of ketones is 1. The lowest BCUT2D eigenvalue weighted by molar-refractivity contribution is -0.385. The molecule has 0 amide bonds. The number of carbonyl (C=O) groups excluding carboxylic acids is 1. The summed E-state index contributed by atoms with van der Waals surface area (Å²) < 4.78 is 0. The molecule has 104 valence electrons. The van der Waals surface area contributed by atoms with E-state index in [4.69, 9.17) is 0 Å². The highest BCUT2D eigenvalue weighted by atomic mass is 32.2. The molecule has 2 aliphatic rings. The van der Waals surface area contributed by atoms with Crippen LogP contribution in [0.3, 0.4) is 0 Å². The number of nitro benzene ring substituents is 1. The number of rotatable bonds is 1. The quantitative estimate of drug-likeness (QED) is 0.630. The molecule has 0 saturated heterocycles. The maximum absolute atomic E-state index is 12.2. The van der Waals surface area contributed by atoms with Gasteiger partial charge in [-0.3, -0.25) is 14.9 Å². The van der Waals surface area contributed by atoms with Crippen molar-refractivity contribution in [3.63, 3.8) is 0 Å². The molecule has 0 unspecified atom stereocenters. The Morgan fingerprint density at radius 2 is 2.10 bits per heavy atom. The second-order valence-corrected chi connectivity index (χ2v) is 6.97. The van der Waals surface area contributed by atoms with Gasteiger partial charge < -0.3 is 5.32 Å². The number of Topliss-reactive ketones (excluding diaryl/α,β-unsaturated/α-hetero) is 1. The van der Waals surface area contributed by atoms with Crippen LogP contribution in [0.15, 0.2) is 33.7 Å². The van der Waals surface area contributed by atoms with E-state index in [1.165, 1.54) is 23.9 Å². The number of carbonyl (C=O) groups is 1. The summed E-state index contributed by atoms with van der Waals surface area (Å²) in [5.41, 5.74) is 1.79. The van der Waals surface area contributed by atoms with E-state index < -0.39 is 4.92 Å². The Morgan fingerprint density at radius 1 is 1.35 bits per heavy atom. The van der Waals surface area contributed by atoms with Crippen molar-refractivity contribution in [1.82, 2.24) is 0 Å². The van der Waals surface area contributed by atoms with E-state index in [1.54, 1.807) is 6.07 Å². The summed E-state index contributed by atoms with van der Waals surface area (Å²) in [6.45, 7) is 4.15. The van der Waals surface area contributed by atoms with E-state index in [1.807, 2.05) is 0 Å². The zero-order valence-electron chi connectivity index (χ0n) is 11.2. The Hall–Kier alpha value is -1.82. The van der Waals surface area contributed by atoms with E-state index in [9.17, 15) is 14.9 Å². The summed E-state index contributed by atoms with van der Waals surface area (Å²) in [4.78, 5) is 24.1. The van der Waals surface area contributed by atoms with Crippen molar-refractivity contribution in [2.24, 2.45) is 5.41 Å². The third-order valence-corrected chi connectivity index (χ3v) is 4.73. The molecule has 0 radical (unpaired) electrons. The number of nitrogens with one attached hydrogen (secondary N) is 1. The van der Waals surface area contributed by atoms with Gasteiger partial charge in [-0.15, -0.1) is 0 Å². The van der Waals surface area contributed by atoms with Crippen LogP contribution in [0.2, 0.25) is 0 Å². The number of hydrogen-bond donors (Lipinski definition) is 1. The summed E-state index contributed by atoms with van der Waals surface area (Å²) in [5, 5.41) is 14.1. The van der Waals surface area contributed by atoms with Gasteiger partial charge in [0.15, 0.2) is 5.78 Å². The lowest BCUT2D eigenvalue weighted by atomic mass is 9.78. The highest BCUT2D eigenvalue weighted by molar-refractivity contribution is 8.04. The van der Waals surface area contributed by atoms with E-state index in [-0.39, 0.29) is 16.9 Å². The minimum Gasteiger partial charge on any atom is -0.357 e. The summed E-state index contributed by atoms with van der Waals surface area (Å²) in [5.74, 6) is 0.117. The Bertz CT molecular complexity index is 664. The number of nitrogens with zero attached hydrogens (tertiary/aromatic N) is 1. The molecule has 1 aliphatic heterocycles. The standard InChI is InChI=1S/C14H14N2O3S/c1-14(2)6-10-13(11(17)7-14)20-12-5-8(16(18)19)3-4-9(12)15-10/h3-5,15H,6-7H2,1-2H3.